The SMILES string of the molecule is C=C[C@@H]1C[C@H]1c1cncc(OC[C@@H]2CCN2C(=O)OC(C)(C)C)c1. The van der Waals surface area contributed by atoms with E-state index < -0.39 is 5.60 Å². The Balaban J connectivity index is 1.52. The Labute approximate surface area is 143 Å². The highest BCUT2D eigenvalue weighted by molar-refractivity contribution is 5.69. The molecule has 5 nitrogen and oxygen atoms in total. The van der Waals surface area contributed by atoms with Gasteiger partial charge in [0.05, 0.1) is 12.2 Å². The minimum Gasteiger partial charge on any atom is -0.490 e. The number of nitrogens with zero attached hydrogens (tertiary/aromatic N) is 2. The summed E-state index contributed by atoms with van der Waals surface area (Å²) in [4.78, 5) is 18.1. The summed E-state index contributed by atoms with van der Waals surface area (Å²) in [5.74, 6) is 1.86. The van der Waals surface area contributed by atoms with Gasteiger partial charge in [-0.1, -0.05) is 6.08 Å². The Kier molecular flexibility index (Phi) is 4.52. The maximum absolute atomic E-state index is 12.1. The van der Waals surface area contributed by atoms with E-state index in [1.54, 1.807) is 11.1 Å². The van der Waals surface area contributed by atoms with E-state index in [0.717, 1.165) is 25.1 Å². The molecule has 2 fully saturated rings. The monoisotopic (exact) mass is 330 g/mol. The van der Waals surface area contributed by atoms with Crippen molar-refractivity contribution in [1.82, 2.24) is 9.88 Å². The van der Waals surface area contributed by atoms with Gasteiger partial charge in [0, 0.05) is 12.7 Å². The molecule has 0 N–H and O–H groups in total. The van der Waals surface area contributed by atoms with Gasteiger partial charge in [-0.25, -0.2) is 4.79 Å². The lowest BCUT2D eigenvalue weighted by Crippen LogP contribution is -2.55. The summed E-state index contributed by atoms with van der Waals surface area (Å²) < 4.78 is 11.3. The topological polar surface area (TPSA) is 51.7 Å². The average Bonchev–Trinajstić information content (AvgIpc) is 3.24. The highest BCUT2D eigenvalue weighted by Gasteiger charge is 2.37. The first-order valence-corrected chi connectivity index (χ1v) is 8.57. The van der Waals surface area contributed by atoms with Crippen LogP contribution in [0, 0.1) is 5.92 Å². The summed E-state index contributed by atoms with van der Waals surface area (Å²) in [6, 6.07) is 2.13. The zero-order chi connectivity index (χ0) is 17.3. The molecule has 3 rings (SSSR count). The number of rotatable bonds is 5. The van der Waals surface area contributed by atoms with Gasteiger partial charge in [-0.3, -0.25) is 4.98 Å². The van der Waals surface area contributed by atoms with Gasteiger partial charge in [0.2, 0.25) is 0 Å². The molecule has 1 amide bonds. The van der Waals surface area contributed by atoms with Crippen molar-refractivity contribution in [2.75, 3.05) is 13.2 Å². The van der Waals surface area contributed by atoms with Gasteiger partial charge in [-0.05, 0) is 57.1 Å². The van der Waals surface area contributed by atoms with Gasteiger partial charge in [0.15, 0.2) is 0 Å². The maximum atomic E-state index is 12.1. The molecule has 1 aromatic heterocycles. The molecule has 1 aliphatic carbocycles. The maximum Gasteiger partial charge on any atom is 0.410 e. The van der Waals surface area contributed by atoms with E-state index >= 15 is 0 Å². The van der Waals surface area contributed by atoms with Gasteiger partial charge < -0.3 is 14.4 Å². The smallest absolute Gasteiger partial charge is 0.410 e. The number of ether oxygens (including phenoxy) is 2. The third kappa shape index (κ3) is 3.89. The Morgan fingerprint density at radius 1 is 1.46 bits per heavy atom. The highest BCUT2D eigenvalue weighted by atomic mass is 16.6. The summed E-state index contributed by atoms with van der Waals surface area (Å²) in [6.07, 6.45) is 7.45. The molecule has 0 unspecified atom stereocenters. The van der Waals surface area contributed by atoms with Crippen LogP contribution >= 0.6 is 0 Å². The lowest BCUT2D eigenvalue weighted by atomic mass is 10.1. The molecule has 2 heterocycles. The number of likely N-dealkylation sites (tertiary alicyclic amines) is 1. The van der Waals surface area contributed by atoms with Crippen molar-refractivity contribution < 1.29 is 14.3 Å². The van der Waals surface area contributed by atoms with E-state index in [4.69, 9.17) is 9.47 Å². The fraction of sp³-hybridized carbons (Fsp3) is 0.579. The van der Waals surface area contributed by atoms with Crippen molar-refractivity contribution >= 4 is 6.09 Å². The first kappa shape index (κ1) is 16.8. The van der Waals surface area contributed by atoms with Gasteiger partial charge in [-0.15, -0.1) is 6.58 Å². The van der Waals surface area contributed by atoms with Crippen LogP contribution in [-0.4, -0.2) is 40.8 Å². The largest absolute Gasteiger partial charge is 0.490 e. The first-order chi connectivity index (χ1) is 11.4. The molecule has 0 radical (unpaired) electrons. The van der Waals surface area contributed by atoms with E-state index in [1.807, 2.05) is 33.0 Å². The van der Waals surface area contributed by atoms with Crippen LogP contribution in [0.25, 0.3) is 0 Å². The number of aromatic nitrogens is 1. The summed E-state index contributed by atoms with van der Waals surface area (Å²) in [5, 5.41) is 0. The first-order valence-electron chi connectivity index (χ1n) is 8.57. The Morgan fingerprint density at radius 2 is 2.25 bits per heavy atom. The Hall–Kier alpha value is -2.04. The number of hydrogen-bond donors (Lipinski definition) is 0. The molecule has 1 saturated heterocycles. The van der Waals surface area contributed by atoms with Crippen molar-refractivity contribution in [2.45, 2.75) is 51.2 Å². The van der Waals surface area contributed by atoms with Crippen LogP contribution in [0.2, 0.25) is 0 Å². The zero-order valence-corrected chi connectivity index (χ0v) is 14.7. The molecule has 24 heavy (non-hydrogen) atoms. The molecule has 1 aliphatic heterocycles. The summed E-state index contributed by atoms with van der Waals surface area (Å²) in [7, 11) is 0. The molecule has 3 atom stereocenters. The molecule has 1 aromatic rings. The minimum atomic E-state index is -0.470. The van der Waals surface area contributed by atoms with Crippen molar-refractivity contribution in [2.24, 2.45) is 5.92 Å². The van der Waals surface area contributed by atoms with Crippen LogP contribution in [0.1, 0.15) is 45.1 Å². The molecule has 130 valence electrons. The summed E-state index contributed by atoms with van der Waals surface area (Å²) >= 11 is 0. The van der Waals surface area contributed by atoms with Crippen LogP contribution in [0.15, 0.2) is 31.1 Å². The summed E-state index contributed by atoms with van der Waals surface area (Å²) in [5.41, 5.74) is 0.734. The average molecular weight is 330 g/mol. The lowest BCUT2D eigenvalue weighted by molar-refractivity contribution is -0.0141. The highest BCUT2D eigenvalue weighted by Crippen LogP contribution is 2.48. The molecular weight excluding hydrogens is 304 g/mol. The predicted octanol–water partition coefficient (Wildman–Crippen LogP) is 3.76. The van der Waals surface area contributed by atoms with E-state index in [9.17, 15) is 4.79 Å². The lowest BCUT2D eigenvalue weighted by Gasteiger charge is -2.40. The predicted molar refractivity (Wildman–Crippen MR) is 92.1 cm³/mol. The van der Waals surface area contributed by atoms with Gasteiger partial charge in [0.25, 0.3) is 0 Å². The van der Waals surface area contributed by atoms with Crippen molar-refractivity contribution in [3.05, 3.63) is 36.7 Å². The molecular formula is C19H26N2O3. The minimum absolute atomic E-state index is 0.0744. The quantitative estimate of drug-likeness (QED) is 0.771. The molecule has 2 aliphatic rings. The number of carbonyl (C=O) groups is 1. The van der Waals surface area contributed by atoms with Gasteiger partial charge in [-0.2, -0.15) is 0 Å². The van der Waals surface area contributed by atoms with Gasteiger partial charge >= 0.3 is 6.09 Å². The van der Waals surface area contributed by atoms with Crippen molar-refractivity contribution in [3.63, 3.8) is 0 Å². The zero-order valence-electron chi connectivity index (χ0n) is 14.7. The second-order valence-corrected chi connectivity index (χ2v) is 7.62. The van der Waals surface area contributed by atoms with Crippen molar-refractivity contribution in [1.29, 1.82) is 0 Å². The normalized spacial score (nSPS) is 25.6. The number of amides is 1. The fourth-order valence-electron chi connectivity index (χ4n) is 2.94. The van der Waals surface area contributed by atoms with E-state index in [-0.39, 0.29) is 12.1 Å². The van der Waals surface area contributed by atoms with Crippen molar-refractivity contribution in [3.8, 4) is 5.75 Å². The number of allylic oxidation sites excluding steroid dienone is 1. The Bertz CT molecular complexity index is 623. The molecule has 5 heteroatoms. The molecule has 0 bridgehead atoms. The van der Waals surface area contributed by atoms with Crippen LogP contribution in [0.5, 0.6) is 5.75 Å². The van der Waals surface area contributed by atoms with E-state index in [0.29, 0.717) is 18.4 Å². The third-order valence-electron chi connectivity index (χ3n) is 4.52. The number of pyridine rings is 1. The summed E-state index contributed by atoms with van der Waals surface area (Å²) in [6.45, 7) is 10.7. The third-order valence-corrected chi connectivity index (χ3v) is 4.52. The van der Waals surface area contributed by atoms with Gasteiger partial charge in [0.1, 0.15) is 18.0 Å². The molecule has 0 spiro atoms. The van der Waals surface area contributed by atoms with Crippen LogP contribution in [0.3, 0.4) is 0 Å². The molecule has 1 saturated carbocycles. The number of carbonyl (C=O) groups excluding carboxylic acids is 1. The second-order valence-electron chi connectivity index (χ2n) is 7.62. The van der Waals surface area contributed by atoms with E-state index in [1.165, 1.54) is 5.56 Å². The number of hydrogen-bond acceptors (Lipinski definition) is 4. The second kappa shape index (κ2) is 6.46. The standard InChI is InChI=1S/C19H26N2O3/c1-5-13-9-17(13)14-8-16(11-20-10-14)23-12-15-6-7-21(15)18(22)24-19(2,3)4/h5,8,10-11,13,15,17H,1,6-7,9,12H2,2-4H3/t13-,15+,17-/m1/s1. The Morgan fingerprint density at radius 3 is 2.83 bits per heavy atom. The van der Waals surface area contributed by atoms with Crippen LogP contribution in [-0.2, 0) is 4.74 Å². The fourth-order valence-corrected chi connectivity index (χ4v) is 2.94. The molecule has 0 aromatic carbocycles. The van der Waals surface area contributed by atoms with Crippen LogP contribution < -0.4 is 4.74 Å². The van der Waals surface area contributed by atoms with E-state index in [2.05, 4.69) is 17.6 Å². The van der Waals surface area contributed by atoms with Crippen LogP contribution in [0.4, 0.5) is 4.79 Å².